The molecule has 26 heavy (non-hydrogen) atoms. The number of aryl methyl sites for hydroxylation is 2. The number of aromatic nitrogens is 1. The average Bonchev–Trinajstić information content (AvgIpc) is 2.92. The summed E-state index contributed by atoms with van der Waals surface area (Å²) < 4.78 is 0. The molecule has 1 saturated heterocycles. The SMILES string of the molecule is CCNC(=NCc1nc(C)c(C)s1)NCCCCN1CCN(C)CC1.I. The third kappa shape index (κ3) is 8.49. The van der Waals surface area contributed by atoms with E-state index < -0.39 is 0 Å². The summed E-state index contributed by atoms with van der Waals surface area (Å²) in [4.78, 5) is 15.5. The maximum atomic E-state index is 4.66. The first-order valence-corrected chi connectivity index (χ1v) is 10.3. The molecule has 0 unspecified atom stereocenters. The summed E-state index contributed by atoms with van der Waals surface area (Å²) >= 11 is 1.74. The Labute approximate surface area is 179 Å². The van der Waals surface area contributed by atoms with E-state index >= 15 is 0 Å². The molecule has 0 saturated carbocycles. The van der Waals surface area contributed by atoms with Crippen molar-refractivity contribution < 1.29 is 0 Å². The first-order valence-electron chi connectivity index (χ1n) is 9.44. The lowest BCUT2D eigenvalue weighted by Gasteiger charge is -2.32. The number of guanidine groups is 1. The largest absolute Gasteiger partial charge is 0.357 e. The summed E-state index contributed by atoms with van der Waals surface area (Å²) in [5.41, 5.74) is 1.12. The minimum atomic E-state index is 0. The van der Waals surface area contributed by atoms with Gasteiger partial charge in [0.2, 0.25) is 0 Å². The van der Waals surface area contributed by atoms with Crippen molar-refractivity contribution in [3.63, 3.8) is 0 Å². The predicted molar refractivity (Wildman–Crippen MR) is 123 cm³/mol. The van der Waals surface area contributed by atoms with Crippen LogP contribution in [0.4, 0.5) is 0 Å². The van der Waals surface area contributed by atoms with Crippen LogP contribution < -0.4 is 10.6 Å². The molecule has 8 heteroatoms. The zero-order valence-electron chi connectivity index (χ0n) is 16.7. The van der Waals surface area contributed by atoms with Gasteiger partial charge in [-0.25, -0.2) is 9.98 Å². The number of likely N-dealkylation sites (N-methyl/N-ethyl adjacent to an activating group) is 1. The lowest BCUT2D eigenvalue weighted by atomic mass is 10.2. The Hall–Kier alpha value is -0.450. The molecule has 0 amide bonds. The Balaban J connectivity index is 0.00000338. The normalized spacial score (nSPS) is 16.4. The molecule has 1 aromatic rings. The van der Waals surface area contributed by atoms with Crippen molar-refractivity contribution in [1.29, 1.82) is 0 Å². The molecule has 0 aromatic carbocycles. The summed E-state index contributed by atoms with van der Waals surface area (Å²) in [7, 11) is 2.21. The molecule has 0 aliphatic carbocycles. The van der Waals surface area contributed by atoms with Crippen LogP contribution in [0.5, 0.6) is 0 Å². The molecule has 2 heterocycles. The maximum absolute atomic E-state index is 4.66. The van der Waals surface area contributed by atoms with Crippen LogP contribution in [0.25, 0.3) is 0 Å². The fourth-order valence-corrected chi connectivity index (χ4v) is 3.69. The molecule has 2 N–H and O–H groups in total. The van der Waals surface area contributed by atoms with E-state index in [-0.39, 0.29) is 24.0 Å². The highest BCUT2D eigenvalue weighted by Crippen LogP contribution is 2.16. The number of thiazole rings is 1. The van der Waals surface area contributed by atoms with Gasteiger partial charge in [-0.15, -0.1) is 35.3 Å². The number of piperazine rings is 1. The Morgan fingerprint density at radius 2 is 1.88 bits per heavy atom. The van der Waals surface area contributed by atoms with Gasteiger partial charge < -0.3 is 20.4 Å². The second-order valence-corrected chi connectivity index (χ2v) is 8.01. The van der Waals surface area contributed by atoms with Gasteiger partial charge >= 0.3 is 0 Å². The van der Waals surface area contributed by atoms with Crippen LogP contribution in [0, 0.1) is 13.8 Å². The minimum Gasteiger partial charge on any atom is -0.357 e. The quantitative estimate of drug-likeness (QED) is 0.252. The molecule has 1 aliphatic heterocycles. The standard InChI is InChI=1S/C18H34N6S.HI/c1-5-19-18(21-14-17-22-15(2)16(3)25-17)20-8-6-7-9-24-12-10-23(4)11-13-24;/h5-14H2,1-4H3,(H2,19,20,21);1H. The number of aliphatic imine (C=N–C) groups is 1. The van der Waals surface area contributed by atoms with E-state index in [4.69, 9.17) is 0 Å². The van der Waals surface area contributed by atoms with Gasteiger partial charge in [0.25, 0.3) is 0 Å². The van der Waals surface area contributed by atoms with Crippen LogP contribution in [0.2, 0.25) is 0 Å². The third-order valence-electron chi connectivity index (χ3n) is 4.58. The number of rotatable bonds is 8. The molecule has 0 atom stereocenters. The molecule has 150 valence electrons. The predicted octanol–water partition coefficient (Wildman–Crippen LogP) is 2.46. The van der Waals surface area contributed by atoms with Crippen molar-refractivity contribution in [2.75, 3.05) is 52.9 Å². The van der Waals surface area contributed by atoms with E-state index in [1.807, 2.05) is 0 Å². The zero-order chi connectivity index (χ0) is 18.1. The molecule has 0 bridgehead atoms. The highest BCUT2D eigenvalue weighted by atomic mass is 127. The number of hydrogen-bond acceptors (Lipinski definition) is 5. The molecule has 1 aromatic heterocycles. The number of halogens is 1. The van der Waals surface area contributed by atoms with E-state index in [2.05, 4.69) is 58.2 Å². The van der Waals surface area contributed by atoms with Crippen molar-refractivity contribution in [3.8, 4) is 0 Å². The van der Waals surface area contributed by atoms with Crippen LogP contribution in [0.3, 0.4) is 0 Å². The van der Waals surface area contributed by atoms with Gasteiger partial charge in [0, 0.05) is 44.1 Å². The Kier molecular flexibility index (Phi) is 11.7. The van der Waals surface area contributed by atoms with Crippen molar-refractivity contribution in [2.45, 2.75) is 40.2 Å². The average molecular weight is 494 g/mol. The highest BCUT2D eigenvalue weighted by Gasteiger charge is 2.12. The minimum absolute atomic E-state index is 0. The van der Waals surface area contributed by atoms with Crippen LogP contribution in [0.1, 0.15) is 35.3 Å². The van der Waals surface area contributed by atoms with Crippen molar-refractivity contribution in [1.82, 2.24) is 25.4 Å². The van der Waals surface area contributed by atoms with Gasteiger partial charge in [-0.1, -0.05) is 0 Å². The van der Waals surface area contributed by atoms with Gasteiger partial charge in [0.05, 0.1) is 12.2 Å². The zero-order valence-corrected chi connectivity index (χ0v) is 19.8. The van der Waals surface area contributed by atoms with Crippen molar-refractivity contribution in [2.24, 2.45) is 4.99 Å². The van der Waals surface area contributed by atoms with Gasteiger partial charge in [-0.05, 0) is 47.2 Å². The highest BCUT2D eigenvalue weighted by molar-refractivity contribution is 14.0. The topological polar surface area (TPSA) is 55.8 Å². The second kappa shape index (κ2) is 12.9. The lowest BCUT2D eigenvalue weighted by Crippen LogP contribution is -2.44. The molecule has 0 spiro atoms. The Morgan fingerprint density at radius 1 is 1.15 bits per heavy atom. The fraction of sp³-hybridized carbons (Fsp3) is 0.778. The first-order chi connectivity index (χ1) is 12.1. The summed E-state index contributed by atoms with van der Waals surface area (Å²) in [5.74, 6) is 0.896. The molecule has 1 fully saturated rings. The lowest BCUT2D eigenvalue weighted by molar-refractivity contribution is 0.152. The number of nitrogens with one attached hydrogen (secondary N) is 2. The van der Waals surface area contributed by atoms with Crippen LogP contribution in [-0.4, -0.2) is 73.6 Å². The van der Waals surface area contributed by atoms with Crippen LogP contribution in [-0.2, 0) is 6.54 Å². The van der Waals surface area contributed by atoms with E-state index in [1.54, 1.807) is 11.3 Å². The van der Waals surface area contributed by atoms with Gasteiger partial charge in [-0.3, -0.25) is 0 Å². The van der Waals surface area contributed by atoms with Gasteiger partial charge in [0.1, 0.15) is 5.01 Å². The van der Waals surface area contributed by atoms with Crippen LogP contribution in [0.15, 0.2) is 4.99 Å². The Morgan fingerprint density at radius 3 is 2.50 bits per heavy atom. The number of unbranched alkanes of at least 4 members (excludes halogenated alkanes) is 1. The maximum Gasteiger partial charge on any atom is 0.191 e. The second-order valence-electron chi connectivity index (χ2n) is 6.72. The van der Waals surface area contributed by atoms with Gasteiger partial charge in [-0.2, -0.15) is 0 Å². The van der Waals surface area contributed by atoms with Crippen molar-refractivity contribution >= 4 is 41.3 Å². The van der Waals surface area contributed by atoms with Crippen LogP contribution >= 0.6 is 35.3 Å². The summed E-state index contributed by atoms with van der Waals surface area (Å²) in [6, 6.07) is 0. The van der Waals surface area contributed by atoms with E-state index in [1.165, 1.54) is 50.4 Å². The number of hydrogen-bond donors (Lipinski definition) is 2. The van der Waals surface area contributed by atoms with E-state index in [0.29, 0.717) is 6.54 Å². The molecule has 2 rings (SSSR count). The number of nitrogens with zero attached hydrogens (tertiary/aromatic N) is 4. The molecule has 0 radical (unpaired) electrons. The molecular formula is C18H35IN6S. The first kappa shape index (κ1) is 23.6. The molecular weight excluding hydrogens is 459 g/mol. The van der Waals surface area contributed by atoms with E-state index in [0.717, 1.165) is 29.8 Å². The summed E-state index contributed by atoms with van der Waals surface area (Å²) in [6.45, 7) is 14.8. The fourth-order valence-electron chi connectivity index (χ4n) is 2.83. The molecule has 6 nitrogen and oxygen atoms in total. The summed E-state index contributed by atoms with van der Waals surface area (Å²) in [5, 5.41) is 7.85. The molecule has 1 aliphatic rings. The smallest absolute Gasteiger partial charge is 0.191 e. The van der Waals surface area contributed by atoms with Gasteiger partial charge in [0.15, 0.2) is 5.96 Å². The van der Waals surface area contributed by atoms with Crippen molar-refractivity contribution in [3.05, 3.63) is 15.6 Å². The summed E-state index contributed by atoms with van der Waals surface area (Å²) in [6.07, 6.45) is 2.41. The Bertz CT molecular complexity index is 520. The monoisotopic (exact) mass is 494 g/mol. The van der Waals surface area contributed by atoms with E-state index in [9.17, 15) is 0 Å². The third-order valence-corrected chi connectivity index (χ3v) is 5.64.